The van der Waals surface area contributed by atoms with Crippen molar-refractivity contribution in [1.29, 1.82) is 0 Å². The van der Waals surface area contributed by atoms with Gasteiger partial charge < -0.3 is 35.1 Å². The van der Waals surface area contributed by atoms with E-state index in [1.54, 1.807) is 24.1 Å². The smallest absolute Gasteiger partial charge is 0.270 e. The van der Waals surface area contributed by atoms with Crippen molar-refractivity contribution in [3.8, 4) is 17.2 Å². The summed E-state index contributed by atoms with van der Waals surface area (Å²) in [6, 6.07) is 10.6. The summed E-state index contributed by atoms with van der Waals surface area (Å²) in [4.78, 5) is 29.7. The lowest BCUT2D eigenvalue weighted by Crippen LogP contribution is -2.58. The Bertz CT molecular complexity index is 1180. The van der Waals surface area contributed by atoms with Crippen molar-refractivity contribution in [2.24, 2.45) is 0 Å². The summed E-state index contributed by atoms with van der Waals surface area (Å²) in [5.41, 5.74) is 1.89. The molecule has 4 rings (SSSR count). The molecule has 0 radical (unpaired) electrons. The molecule has 4 N–H and O–H groups in total. The van der Waals surface area contributed by atoms with Crippen LogP contribution in [0, 0.1) is 6.92 Å². The predicted octanol–water partition coefficient (Wildman–Crippen LogP) is 2.99. The van der Waals surface area contributed by atoms with Gasteiger partial charge in [-0.2, -0.15) is 0 Å². The number of nitrogens with one attached hydrogen (secondary N) is 3. The molecule has 1 aliphatic heterocycles. The number of hydrogen-bond donors (Lipinski definition) is 4. The van der Waals surface area contributed by atoms with Gasteiger partial charge in [-0.15, -0.1) is 0 Å². The first-order valence-electron chi connectivity index (χ1n) is 10.7. The number of H-pyrrole nitrogens is 1. The van der Waals surface area contributed by atoms with Crippen molar-refractivity contribution < 1.29 is 24.2 Å². The van der Waals surface area contributed by atoms with Crippen molar-refractivity contribution in [2.45, 2.75) is 25.4 Å². The number of likely N-dealkylation sites (tertiary alicyclic amines) is 1. The Labute approximate surface area is 191 Å². The van der Waals surface area contributed by atoms with Gasteiger partial charge in [0, 0.05) is 37.4 Å². The van der Waals surface area contributed by atoms with Crippen molar-refractivity contribution in [2.75, 3.05) is 32.6 Å². The molecular formula is C24H28N4O5. The van der Waals surface area contributed by atoms with Crippen LogP contribution in [0.2, 0.25) is 0 Å². The fourth-order valence-corrected chi connectivity index (χ4v) is 4.38. The van der Waals surface area contributed by atoms with Crippen LogP contribution in [0.4, 0.5) is 5.69 Å². The number of rotatable bonds is 7. The molecular weight excluding hydrogens is 424 g/mol. The van der Waals surface area contributed by atoms with Gasteiger partial charge in [-0.1, -0.05) is 12.1 Å². The number of amides is 2. The maximum atomic E-state index is 13.3. The fourth-order valence-electron chi connectivity index (χ4n) is 4.38. The third-order valence-corrected chi connectivity index (χ3v) is 6.31. The van der Waals surface area contributed by atoms with Crippen LogP contribution in [0.1, 0.15) is 28.9 Å². The molecule has 9 nitrogen and oxygen atoms in total. The number of aromatic hydroxyl groups is 1. The number of phenols is 1. The Morgan fingerprint density at radius 1 is 1.18 bits per heavy atom. The molecule has 1 saturated heterocycles. The van der Waals surface area contributed by atoms with E-state index in [9.17, 15) is 14.7 Å². The molecule has 9 heteroatoms. The molecule has 1 aromatic heterocycles. The molecule has 174 valence electrons. The minimum Gasteiger partial charge on any atom is -0.506 e. The van der Waals surface area contributed by atoms with Crippen LogP contribution >= 0.6 is 0 Å². The Morgan fingerprint density at radius 2 is 1.94 bits per heavy atom. The standard InChI is InChI=1S/C24H28N4O5/c1-15-17-5-4-6-20(33-3)22(17)26-21(15)23(31)28-11-9-24(10-12-28,25-14-29)27-18-8-7-16(32-2)13-19(18)30/h4-8,13-14,26-27,30H,9-12H2,1-3H3,(H,25,29). The van der Waals surface area contributed by atoms with Crippen LogP contribution in [0.5, 0.6) is 17.2 Å². The maximum Gasteiger partial charge on any atom is 0.270 e. The molecule has 0 aliphatic carbocycles. The number of carbonyl (C=O) groups excluding carboxylic acids is 2. The van der Waals surface area contributed by atoms with Crippen LogP contribution in [0.3, 0.4) is 0 Å². The summed E-state index contributed by atoms with van der Waals surface area (Å²) in [5.74, 6) is 1.13. The van der Waals surface area contributed by atoms with Crippen molar-refractivity contribution in [3.63, 3.8) is 0 Å². The van der Waals surface area contributed by atoms with Crippen LogP contribution in [0.15, 0.2) is 36.4 Å². The summed E-state index contributed by atoms with van der Waals surface area (Å²) in [7, 11) is 3.12. The van der Waals surface area contributed by atoms with E-state index < -0.39 is 5.66 Å². The zero-order valence-corrected chi connectivity index (χ0v) is 18.9. The summed E-state index contributed by atoms with van der Waals surface area (Å²) in [6.07, 6.45) is 1.57. The minimum atomic E-state index is -0.788. The monoisotopic (exact) mass is 452 g/mol. The number of benzene rings is 2. The SMILES string of the molecule is COc1ccc(NC2(NC=O)CCN(C(=O)c3[nH]c4c(OC)cccc4c3C)CC2)c(O)c1. The highest BCUT2D eigenvalue weighted by atomic mass is 16.5. The highest BCUT2D eigenvalue weighted by Crippen LogP contribution is 2.34. The van der Waals surface area contributed by atoms with Crippen LogP contribution in [-0.4, -0.2) is 60.3 Å². The third-order valence-electron chi connectivity index (χ3n) is 6.31. The average molecular weight is 453 g/mol. The highest BCUT2D eigenvalue weighted by Gasteiger charge is 2.37. The Balaban J connectivity index is 1.53. The molecule has 0 atom stereocenters. The number of anilines is 1. The van der Waals surface area contributed by atoms with Crippen molar-refractivity contribution in [1.82, 2.24) is 15.2 Å². The molecule has 3 aromatic rings. The van der Waals surface area contributed by atoms with Crippen LogP contribution < -0.4 is 20.1 Å². The highest BCUT2D eigenvalue weighted by molar-refractivity contribution is 6.02. The van der Waals surface area contributed by atoms with Gasteiger partial charge in [-0.05, 0) is 30.7 Å². The van der Waals surface area contributed by atoms with E-state index in [1.807, 2.05) is 25.1 Å². The molecule has 1 aliphatic rings. The largest absolute Gasteiger partial charge is 0.506 e. The quantitative estimate of drug-likeness (QED) is 0.249. The first kappa shape index (κ1) is 22.3. The van der Waals surface area contributed by atoms with Gasteiger partial charge in [-0.3, -0.25) is 9.59 Å². The topological polar surface area (TPSA) is 116 Å². The van der Waals surface area contributed by atoms with E-state index in [4.69, 9.17) is 9.47 Å². The number of ether oxygens (including phenoxy) is 2. The molecule has 0 bridgehead atoms. The van der Waals surface area contributed by atoms with E-state index in [2.05, 4.69) is 15.6 Å². The number of fused-ring (bicyclic) bond motifs is 1. The lowest BCUT2D eigenvalue weighted by molar-refractivity contribution is -0.111. The molecule has 2 amide bonds. The average Bonchev–Trinajstić information content (AvgIpc) is 3.17. The van der Waals surface area contributed by atoms with E-state index in [1.165, 1.54) is 13.2 Å². The van der Waals surface area contributed by atoms with Crippen molar-refractivity contribution >= 4 is 28.9 Å². The molecule has 0 spiro atoms. The minimum absolute atomic E-state index is 0.0163. The molecule has 33 heavy (non-hydrogen) atoms. The second-order valence-electron chi connectivity index (χ2n) is 8.15. The number of carbonyl (C=O) groups is 2. The lowest BCUT2D eigenvalue weighted by Gasteiger charge is -2.42. The number of para-hydroxylation sites is 1. The molecule has 2 heterocycles. The normalized spacial score (nSPS) is 15.2. The number of phenolic OH excluding ortho intramolecular Hbond substituents is 1. The van der Waals surface area contributed by atoms with Gasteiger partial charge >= 0.3 is 0 Å². The van der Waals surface area contributed by atoms with Crippen LogP contribution in [0.25, 0.3) is 10.9 Å². The van der Waals surface area contributed by atoms with Crippen molar-refractivity contribution in [3.05, 3.63) is 47.7 Å². The Hall–Kier alpha value is -3.88. The lowest BCUT2D eigenvalue weighted by atomic mass is 9.95. The Kier molecular flexibility index (Phi) is 6.04. The number of piperidine rings is 1. The zero-order chi connectivity index (χ0) is 23.6. The van der Waals surface area contributed by atoms with E-state index >= 15 is 0 Å². The third kappa shape index (κ3) is 4.13. The number of nitrogens with zero attached hydrogens (tertiary/aromatic N) is 1. The predicted molar refractivity (Wildman–Crippen MR) is 125 cm³/mol. The first-order valence-corrected chi connectivity index (χ1v) is 10.7. The van der Waals surface area contributed by atoms with E-state index in [-0.39, 0.29) is 11.7 Å². The molecule has 2 aromatic carbocycles. The summed E-state index contributed by atoms with van der Waals surface area (Å²) >= 11 is 0. The first-order chi connectivity index (χ1) is 15.9. The van der Waals surface area contributed by atoms with E-state index in [0.717, 1.165) is 16.5 Å². The van der Waals surface area contributed by atoms with Gasteiger partial charge in [0.15, 0.2) is 0 Å². The maximum absolute atomic E-state index is 13.3. The van der Waals surface area contributed by atoms with Crippen LogP contribution in [-0.2, 0) is 4.79 Å². The number of aryl methyl sites for hydroxylation is 1. The van der Waals surface area contributed by atoms with E-state index in [0.29, 0.717) is 55.2 Å². The molecule has 1 fully saturated rings. The summed E-state index contributed by atoms with van der Waals surface area (Å²) in [6.45, 7) is 2.77. The number of aromatic nitrogens is 1. The number of methoxy groups -OCH3 is 2. The van der Waals surface area contributed by atoms with Gasteiger partial charge in [0.25, 0.3) is 5.91 Å². The molecule has 0 saturated carbocycles. The van der Waals surface area contributed by atoms with Gasteiger partial charge in [-0.25, -0.2) is 0 Å². The van der Waals surface area contributed by atoms with Gasteiger partial charge in [0.1, 0.15) is 28.6 Å². The summed E-state index contributed by atoms with van der Waals surface area (Å²) in [5, 5.41) is 17.4. The number of hydrogen-bond acceptors (Lipinski definition) is 6. The van der Waals surface area contributed by atoms with Gasteiger partial charge in [0.05, 0.1) is 25.4 Å². The fraction of sp³-hybridized carbons (Fsp3) is 0.333. The summed E-state index contributed by atoms with van der Waals surface area (Å²) < 4.78 is 10.5. The number of aromatic amines is 1. The Morgan fingerprint density at radius 3 is 2.58 bits per heavy atom. The second kappa shape index (κ2) is 8.93. The zero-order valence-electron chi connectivity index (χ0n) is 18.9. The molecule has 0 unspecified atom stereocenters. The van der Waals surface area contributed by atoms with Gasteiger partial charge in [0.2, 0.25) is 6.41 Å². The second-order valence-corrected chi connectivity index (χ2v) is 8.15.